The minimum absolute atomic E-state index is 0.0260. The average molecular weight is 245 g/mol. The number of aromatic nitrogens is 3. The molecule has 0 radical (unpaired) electrons. The van der Waals surface area contributed by atoms with E-state index >= 15 is 0 Å². The van der Waals surface area contributed by atoms with Gasteiger partial charge in [0.25, 0.3) is 0 Å². The first-order chi connectivity index (χ1) is 8.54. The van der Waals surface area contributed by atoms with Crippen LogP contribution in [0, 0.1) is 13.8 Å². The number of aryl methyl sites for hydroxylation is 1. The monoisotopic (exact) mass is 245 g/mol. The molecular weight excluding hydrogens is 230 g/mol. The quantitative estimate of drug-likeness (QED) is 0.899. The van der Waals surface area contributed by atoms with Crippen LogP contribution in [0.4, 0.5) is 0 Å². The molecule has 2 heterocycles. The molecule has 5 heteroatoms. The fourth-order valence-corrected chi connectivity index (χ4v) is 2.07. The lowest BCUT2D eigenvalue weighted by atomic mass is 10.1. The summed E-state index contributed by atoms with van der Waals surface area (Å²) in [7, 11) is 0. The molecule has 0 unspecified atom stereocenters. The molecular formula is C13H15N3O2. The number of hydrogen-bond donors (Lipinski definition) is 1. The Morgan fingerprint density at radius 2 is 2.11 bits per heavy atom. The van der Waals surface area contributed by atoms with Gasteiger partial charge in [0.1, 0.15) is 0 Å². The van der Waals surface area contributed by atoms with Crippen molar-refractivity contribution in [2.45, 2.75) is 27.2 Å². The maximum Gasteiger partial charge on any atom is 0.354 e. The van der Waals surface area contributed by atoms with Crippen LogP contribution in [0.1, 0.15) is 34.4 Å². The molecule has 1 N–H and O–H groups in total. The average Bonchev–Trinajstić information content (AvgIpc) is 2.64. The zero-order valence-corrected chi connectivity index (χ0v) is 10.6. The molecule has 18 heavy (non-hydrogen) atoms. The van der Waals surface area contributed by atoms with Crippen molar-refractivity contribution in [3.05, 3.63) is 40.8 Å². The standard InChI is InChI=1S/C13H15N3O2/c1-4-10-8(2)15-16(9(10)3)12-7-5-6-11(14-12)13(17)18/h5-7H,4H2,1-3H3,(H,17,18). The number of carboxylic acid groups (broad SMARTS) is 1. The Balaban J connectivity index is 2.55. The molecule has 5 nitrogen and oxygen atoms in total. The molecule has 0 aliphatic rings. The largest absolute Gasteiger partial charge is 0.477 e. The predicted molar refractivity (Wildman–Crippen MR) is 67.2 cm³/mol. The number of hydrogen-bond acceptors (Lipinski definition) is 3. The van der Waals surface area contributed by atoms with Crippen LogP contribution < -0.4 is 0 Å². The van der Waals surface area contributed by atoms with E-state index in [1.807, 2.05) is 13.8 Å². The number of carbonyl (C=O) groups is 1. The summed E-state index contributed by atoms with van der Waals surface area (Å²) >= 11 is 0. The van der Waals surface area contributed by atoms with Gasteiger partial charge in [-0.3, -0.25) is 0 Å². The highest BCUT2D eigenvalue weighted by atomic mass is 16.4. The fourth-order valence-electron chi connectivity index (χ4n) is 2.07. The van der Waals surface area contributed by atoms with Gasteiger partial charge in [0.2, 0.25) is 0 Å². The highest BCUT2D eigenvalue weighted by Gasteiger charge is 2.13. The smallest absolute Gasteiger partial charge is 0.354 e. The Hall–Kier alpha value is -2.17. The fraction of sp³-hybridized carbons (Fsp3) is 0.308. The molecule has 0 amide bonds. The summed E-state index contributed by atoms with van der Waals surface area (Å²) < 4.78 is 1.70. The van der Waals surface area contributed by atoms with E-state index in [9.17, 15) is 4.79 Å². The van der Waals surface area contributed by atoms with Crippen LogP contribution in [0.25, 0.3) is 5.82 Å². The van der Waals surface area contributed by atoms with E-state index in [0.29, 0.717) is 5.82 Å². The summed E-state index contributed by atoms with van der Waals surface area (Å²) in [6.07, 6.45) is 0.899. The van der Waals surface area contributed by atoms with Gasteiger partial charge in [-0.15, -0.1) is 0 Å². The summed E-state index contributed by atoms with van der Waals surface area (Å²) in [5, 5.41) is 13.4. The molecule has 94 valence electrons. The Morgan fingerprint density at radius 3 is 2.67 bits per heavy atom. The van der Waals surface area contributed by atoms with Gasteiger partial charge in [0.15, 0.2) is 11.5 Å². The summed E-state index contributed by atoms with van der Waals surface area (Å²) in [6, 6.07) is 4.90. The third kappa shape index (κ3) is 1.99. The Labute approximate surface area is 105 Å². The molecule has 0 aromatic carbocycles. The van der Waals surface area contributed by atoms with Gasteiger partial charge in [0, 0.05) is 5.69 Å². The van der Waals surface area contributed by atoms with Gasteiger partial charge in [0.05, 0.1) is 5.69 Å². The second kappa shape index (κ2) is 4.60. The van der Waals surface area contributed by atoms with E-state index in [4.69, 9.17) is 5.11 Å². The Kier molecular flexibility index (Phi) is 3.14. The maximum absolute atomic E-state index is 10.9. The van der Waals surface area contributed by atoms with Gasteiger partial charge in [-0.2, -0.15) is 5.10 Å². The zero-order valence-electron chi connectivity index (χ0n) is 10.6. The van der Waals surface area contributed by atoms with Crippen molar-refractivity contribution in [2.75, 3.05) is 0 Å². The lowest BCUT2D eigenvalue weighted by molar-refractivity contribution is 0.0690. The number of carboxylic acids is 1. The van der Waals surface area contributed by atoms with Crippen LogP contribution in [0.15, 0.2) is 18.2 Å². The first-order valence-corrected chi connectivity index (χ1v) is 5.80. The van der Waals surface area contributed by atoms with Crippen molar-refractivity contribution in [2.24, 2.45) is 0 Å². The minimum Gasteiger partial charge on any atom is -0.477 e. The molecule has 2 rings (SSSR count). The van der Waals surface area contributed by atoms with Crippen LogP contribution in [-0.4, -0.2) is 25.8 Å². The molecule has 0 fully saturated rings. The molecule has 0 saturated carbocycles. The first-order valence-electron chi connectivity index (χ1n) is 5.80. The van der Waals surface area contributed by atoms with Crippen molar-refractivity contribution < 1.29 is 9.90 Å². The van der Waals surface area contributed by atoms with Gasteiger partial charge < -0.3 is 5.11 Å². The molecule has 0 saturated heterocycles. The van der Waals surface area contributed by atoms with Gasteiger partial charge in [-0.25, -0.2) is 14.5 Å². The topological polar surface area (TPSA) is 68.0 Å². The van der Waals surface area contributed by atoms with E-state index in [0.717, 1.165) is 17.8 Å². The van der Waals surface area contributed by atoms with E-state index < -0.39 is 5.97 Å². The summed E-state index contributed by atoms with van der Waals surface area (Å²) in [5.41, 5.74) is 3.16. The van der Waals surface area contributed by atoms with Crippen molar-refractivity contribution >= 4 is 5.97 Å². The van der Waals surface area contributed by atoms with Crippen LogP contribution in [0.3, 0.4) is 0 Å². The van der Waals surface area contributed by atoms with E-state index in [2.05, 4.69) is 17.0 Å². The summed E-state index contributed by atoms with van der Waals surface area (Å²) in [5.74, 6) is -0.496. The van der Waals surface area contributed by atoms with Crippen LogP contribution in [-0.2, 0) is 6.42 Å². The SMILES string of the molecule is CCc1c(C)nn(-c2cccc(C(=O)O)n2)c1C. The van der Waals surface area contributed by atoms with E-state index in [1.165, 1.54) is 11.6 Å². The molecule has 2 aromatic heterocycles. The van der Waals surface area contributed by atoms with Gasteiger partial charge >= 0.3 is 5.97 Å². The van der Waals surface area contributed by atoms with Crippen molar-refractivity contribution in [3.8, 4) is 5.82 Å². The zero-order chi connectivity index (χ0) is 13.3. The highest BCUT2D eigenvalue weighted by molar-refractivity contribution is 5.85. The van der Waals surface area contributed by atoms with Crippen LogP contribution >= 0.6 is 0 Å². The second-order valence-corrected chi connectivity index (χ2v) is 4.10. The van der Waals surface area contributed by atoms with Crippen molar-refractivity contribution in [3.63, 3.8) is 0 Å². The minimum atomic E-state index is -1.03. The van der Waals surface area contributed by atoms with E-state index in [1.54, 1.807) is 16.8 Å². The summed E-state index contributed by atoms with van der Waals surface area (Å²) in [6.45, 7) is 5.99. The van der Waals surface area contributed by atoms with Crippen molar-refractivity contribution in [1.29, 1.82) is 0 Å². The normalized spacial score (nSPS) is 10.6. The molecule has 0 atom stereocenters. The third-order valence-corrected chi connectivity index (χ3v) is 2.97. The molecule has 2 aromatic rings. The highest BCUT2D eigenvalue weighted by Crippen LogP contribution is 2.17. The van der Waals surface area contributed by atoms with Gasteiger partial charge in [-0.1, -0.05) is 13.0 Å². The third-order valence-electron chi connectivity index (χ3n) is 2.97. The predicted octanol–water partition coefficient (Wildman–Crippen LogP) is 2.14. The second-order valence-electron chi connectivity index (χ2n) is 4.10. The van der Waals surface area contributed by atoms with E-state index in [-0.39, 0.29) is 5.69 Å². The number of nitrogens with zero attached hydrogens (tertiary/aromatic N) is 3. The van der Waals surface area contributed by atoms with Crippen LogP contribution in [0.2, 0.25) is 0 Å². The first kappa shape index (κ1) is 12.3. The lowest BCUT2D eigenvalue weighted by Crippen LogP contribution is -2.07. The number of pyridine rings is 1. The molecule has 0 bridgehead atoms. The molecule has 0 aliphatic carbocycles. The maximum atomic E-state index is 10.9. The Bertz CT molecular complexity index is 602. The van der Waals surface area contributed by atoms with Crippen molar-refractivity contribution in [1.82, 2.24) is 14.8 Å². The summed E-state index contributed by atoms with van der Waals surface area (Å²) in [4.78, 5) is 15.0. The molecule has 0 spiro atoms. The lowest BCUT2D eigenvalue weighted by Gasteiger charge is -2.04. The number of aromatic carboxylic acids is 1. The Morgan fingerprint density at radius 1 is 1.39 bits per heavy atom. The number of rotatable bonds is 3. The van der Waals surface area contributed by atoms with Crippen LogP contribution in [0.5, 0.6) is 0 Å². The molecule has 0 aliphatic heterocycles. The van der Waals surface area contributed by atoms with Gasteiger partial charge in [-0.05, 0) is 38.0 Å².